The van der Waals surface area contributed by atoms with E-state index in [0.29, 0.717) is 25.3 Å². The van der Waals surface area contributed by atoms with Crippen LogP contribution in [0.3, 0.4) is 0 Å². The summed E-state index contributed by atoms with van der Waals surface area (Å²) in [6, 6.07) is 6.06. The molecular weight excluding hydrogens is 266 g/mol. The van der Waals surface area contributed by atoms with Crippen LogP contribution in [0.2, 0.25) is 0 Å². The highest BCUT2D eigenvalue weighted by molar-refractivity contribution is 5.78. The van der Waals surface area contributed by atoms with E-state index in [9.17, 15) is 9.59 Å². The highest BCUT2D eigenvalue weighted by atomic mass is 16.4. The number of amides is 1. The Bertz CT molecular complexity index is 497. The van der Waals surface area contributed by atoms with E-state index < -0.39 is 5.97 Å². The molecule has 0 heterocycles. The molecule has 1 amide bonds. The van der Waals surface area contributed by atoms with E-state index in [0.717, 1.165) is 12.0 Å². The normalized spacial score (nSPS) is 12.0. The fourth-order valence-electron chi connectivity index (χ4n) is 2.13. The van der Waals surface area contributed by atoms with Gasteiger partial charge in [0, 0.05) is 13.0 Å². The summed E-state index contributed by atoms with van der Waals surface area (Å²) in [5.41, 5.74) is 3.45. The summed E-state index contributed by atoms with van der Waals surface area (Å²) in [5, 5.41) is 11.5. The summed E-state index contributed by atoms with van der Waals surface area (Å²) < 4.78 is 0. The third-order valence-corrected chi connectivity index (χ3v) is 3.75. The van der Waals surface area contributed by atoms with Crippen molar-refractivity contribution in [2.24, 2.45) is 5.92 Å². The molecule has 1 unspecified atom stereocenters. The van der Waals surface area contributed by atoms with Crippen molar-refractivity contribution < 1.29 is 14.7 Å². The SMILES string of the molecule is Cc1ccc(CC(=O)NCCC(C)CCC(=O)O)cc1C. The van der Waals surface area contributed by atoms with Crippen molar-refractivity contribution in [3.8, 4) is 0 Å². The average molecular weight is 291 g/mol. The lowest BCUT2D eigenvalue weighted by atomic mass is 10.0. The van der Waals surface area contributed by atoms with Crippen LogP contribution in [0, 0.1) is 19.8 Å². The molecule has 0 aromatic heterocycles. The fraction of sp³-hybridized carbons (Fsp3) is 0.529. The Kier molecular flexibility index (Phi) is 6.92. The first-order chi connectivity index (χ1) is 9.88. The fourth-order valence-corrected chi connectivity index (χ4v) is 2.13. The summed E-state index contributed by atoms with van der Waals surface area (Å²) in [5.74, 6) is -0.438. The Balaban J connectivity index is 2.27. The minimum atomic E-state index is -0.763. The first-order valence-electron chi connectivity index (χ1n) is 7.43. The standard InChI is InChI=1S/C17H25NO3/c1-12(4-7-17(20)21)8-9-18-16(19)11-15-6-5-13(2)14(3)10-15/h5-6,10,12H,4,7-9,11H2,1-3H3,(H,18,19)(H,20,21). The van der Waals surface area contributed by atoms with Gasteiger partial charge in [0.25, 0.3) is 0 Å². The molecule has 0 aliphatic rings. The van der Waals surface area contributed by atoms with Gasteiger partial charge in [0.2, 0.25) is 5.91 Å². The molecule has 0 aliphatic heterocycles. The Labute approximate surface area is 126 Å². The zero-order valence-electron chi connectivity index (χ0n) is 13.1. The molecule has 0 aliphatic carbocycles. The molecule has 0 saturated carbocycles. The quantitative estimate of drug-likeness (QED) is 0.774. The summed E-state index contributed by atoms with van der Waals surface area (Å²) in [7, 11) is 0. The summed E-state index contributed by atoms with van der Waals surface area (Å²) in [6.45, 7) is 6.71. The van der Waals surface area contributed by atoms with Gasteiger partial charge in [-0.15, -0.1) is 0 Å². The van der Waals surface area contributed by atoms with E-state index in [1.165, 1.54) is 11.1 Å². The van der Waals surface area contributed by atoms with Crippen LogP contribution in [0.1, 0.15) is 42.9 Å². The molecule has 0 spiro atoms. The van der Waals surface area contributed by atoms with Crippen LogP contribution in [0.5, 0.6) is 0 Å². The van der Waals surface area contributed by atoms with Gasteiger partial charge in [0.15, 0.2) is 0 Å². The molecule has 2 N–H and O–H groups in total. The van der Waals surface area contributed by atoms with Gasteiger partial charge in [0.1, 0.15) is 0 Å². The molecule has 1 aromatic rings. The second-order valence-corrected chi connectivity index (χ2v) is 5.77. The lowest BCUT2D eigenvalue weighted by molar-refractivity contribution is -0.137. The Morgan fingerprint density at radius 2 is 1.90 bits per heavy atom. The number of carbonyl (C=O) groups excluding carboxylic acids is 1. The molecule has 4 heteroatoms. The minimum Gasteiger partial charge on any atom is -0.481 e. The highest BCUT2D eigenvalue weighted by Crippen LogP contribution is 2.11. The van der Waals surface area contributed by atoms with Crippen LogP contribution >= 0.6 is 0 Å². The number of hydrogen-bond donors (Lipinski definition) is 2. The lowest BCUT2D eigenvalue weighted by Gasteiger charge is -2.11. The number of aryl methyl sites for hydroxylation is 2. The maximum Gasteiger partial charge on any atom is 0.303 e. The van der Waals surface area contributed by atoms with Crippen LogP contribution in [0.15, 0.2) is 18.2 Å². The molecule has 0 radical (unpaired) electrons. The van der Waals surface area contributed by atoms with Gasteiger partial charge in [-0.05, 0) is 49.3 Å². The molecule has 1 rings (SSSR count). The minimum absolute atomic E-state index is 0.0173. The third kappa shape index (κ3) is 6.93. The molecule has 1 aromatic carbocycles. The Morgan fingerprint density at radius 1 is 1.19 bits per heavy atom. The van der Waals surface area contributed by atoms with Crippen molar-refractivity contribution in [2.45, 2.75) is 46.5 Å². The van der Waals surface area contributed by atoms with Crippen LogP contribution in [-0.4, -0.2) is 23.5 Å². The van der Waals surface area contributed by atoms with Gasteiger partial charge in [-0.25, -0.2) is 0 Å². The molecule has 0 saturated heterocycles. The first-order valence-corrected chi connectivity index (χ1v) is 7.43. The van der Waals surface area contributed by atoms with E-state index in [1.807, 2.05) is 32.0 Å². The van der Waals surface area contributed by atoms with Gasteiger partial charge in [-0.3, -0.25) is 9.59 Å². The van der Waals surface area contributed by atoms with E-state index >= 15 is 0 Å². The summed E-state index contributed by atoms with van der Waals surface area (Å²) in [6.07, 6.45) is 2.05. The zero-order chi connectivity index (χ0) is 15.8. The van der Waals surface area contributed by atoms with Crippen LogP contribution in [0.25, 0.3) is 0 Å². The molecule has 0 bridgehead atoms. The highest BCUT2D eigenvalue weighted by Gasteiger charge is 2.07. The number of carboxylic acids is 1. The Morgan fingerprint density at radius 3 is 2.52 bits per heavy atom. The second-order valence-electron chi connectivity index (χ2n) is 5.77. The largest absolute Gasteiger partial charge is 0.481 e. The maximum absolute atomic E-state index is 11.9. The van der Waals surface area contributed by atoms with E-state index in [-0.39, 0.29) is 12.3 Å². The van der Waals surface area contributed by atoms with E-state index in [2.05, 4.69) is 12.2 Å². The summed E-state index contributed by atoms with van der Waals surface area (Å²) >= 11 is 0. The number of benzene rings is 1. The van der Waals surface area contributed by atoms with Crippen molar-refractivity contribution in [2.75, 3.05) is 6.54 Å². The molecule has 21 heavy (non-hydrogen) atoms. The number of carbonyl (C=O) groups is 2. The van der Waals surface area contributed by atoms with Crippen LogP contribution in [0.4, 0.5) is 0 Å². The van der Waals surface area contributed by atoms with Gasteiger partial charge >= 0.3 is 5.97 Å². The molecular formula is C17H25NO3. The number of carboxylic acid groups (broad SMARTS) is 1. The smallest absolute Gasteiger partial charge is 0.303 e. The van der Waals surface area contributed by atoms with Crippen molar-refractivity contribution in [3.63, 3.8) is 0 Å². The van der Waals surface area contributed by atoms with Crippen molar-refractivity contribution in [3.05, 3.63) is 34.9 Å². The van der Waals surface area contributed by atoms with Crippen molar-refractivity contribution in [1.82, 2.24) is 5.32 Å². The number of nitrogens with one attached hydrogen (secondary N) is 1. The Hall–Kier alpha value is -1.84. The van der Waals surface area contributed by atoms with Gasteiger partial charge in [-0.2, -0.15) is 0 Å². The van der Waals surface area contributed by atoms with E-state index in [4.69, 9.17) is 5.11 Å². The number of hydrogen-bond acceptors (Lipinski definition) is 2. The monoisotopic (exact) mass is 291 g/mol. The number of rotatable bonds is 8. The third-order valence-electron chi connectivity index (χ3n) is 3.75. The van der Waals surface area contributed by atoms with Crippen LogP contribution < -0.4 is 5.32 Å². The van der Waals surface area contributed by atoms with Gasteiger partial charge in [-0.1, -0.05) is 25.1 Å². The summed E-state index contributed by atoms with van der Waals surface area (Å²) in [4.78, 5) is 22.3. The zero-order valence-corrected chi connectivity index (χ0v) is 13.1. The second kappa shape index (κ2) is 8.45. The van der Waals surface area contributed by atoms with E-state index in [1.54, 1.807) is 0 Å². The maximum atomic E-state index is 11.9. The first kappa shape index (κ1) is 17.2. The van der Waals surface area contributed by atoms with Gasteiger partial charge < -0.3 is 10.4 Å². The predicted molar refractivity (Wildman–Crippen MR) is 83.3 cm³/mol. The molecule has 116 valence electrons. The molecule has 4 nitrogen and oxygen atoms in total. The van der Waals surface area contributed by atoms with Crippen LogP contribution in [-0.2, 0) is 16.0 Å². The van der Waals surface area contributed by atoms with Gasteiger partial charge in [0.05, 0.1) is 6.42 Å². The molecule has 0 fully saturated rings. The number of aliphatic carboxylic acids is 1. The predicted octanol–water partition coefficient (Wildman–Crippen LogP) is 2.85. The molecule has 1 atom stereocenters. The van der Waals surface area contributed by atoms with Crippen molar-refractivity contribution in [1.29, 1.82) is 0 Å². The lowest BCUT2D eigenvalue weighted by Crippen LogP contribution is -2.27. The topological polar surface area (TPSA) is 66.4 Å². The average Bonchev–Trinajstić information content (AvgIpc) is 2.40. The van der Waals surface area contributed by atoms with Crippen molar-refractivity contribution >= 4 is 11.9 Å².